The number of hydrazone groups is 1. The molecule has 9 nitrogen and oxygen atoms in total. The average molecular weight is 678 g/mol. The Balaban J connectivity index is 1.27. The largest absolute Gasteiger partial charge is 0.484 e. The van der Waals surface area contributed by atoms with Crippen molar-refractivity contribution in [3.63, 3.8) is 0 Å². The van der Waals surface area contributed by atoms with Crippen molar-refractivity contribution in [2.45, 2.75) is 17.7 Å². The summed E-state index contributed by atoms with van der Waals surface area (Å²) in [6.45, 7) is 0.130. The highest BCUT2D eigenvalue weighted by Gasteiger charge is 2.26. The van der Waals surface area contributed by atoms with Crippen LogP contribution < -0.4 is 15.5 Å². The second-order valence-electron chi connectivity index (χ2n) is 9.76. The first kappa shape index (κ1) is 32.6. The molecule has 4 aromatic rings. The normalized spacial score (nSPS) is 11.4. The lowest BCUT2D eigenvalue weighted by molar-refractivity contribution is -0.123. The third-order valence-corrected chi connectivity index (χ3v) is 8.88. The Labute approximate surface area is 266 Å². The highest BCUT2D eigenvalue weighted by atomic mass is 79.9. The van der Waals surface area contributed by atoms with Gasteiger partial charge in [-0.2, -0.15) is 9.41 Å². The molecule has 0 aromatic heterocycles. The van der Waals surface area contributed by atoms with Gasteiger partial charge in [-0.25, -0.2) is 13.8 Å². The first-order valence-electron chi connectivity index (χ1n) is 13.9. The zero-order valence-corrected chi connectivity index (χ0v) is 26.3. The Kier molecular flexibility index (Phi) is 12.2. The SMILES string of the molecule is O=C(COc1ccc(/C=N/NC(=O)CN(CCc2ccccc2)S(=O)(=O)c2ccc(Br)cc2)cc1)NCCc1ccccc1. The van der Waals surface area contributed by atoms with Crippen LogP contribution in [0.1, 0.15) is 16.7 Å². The van der Waals surface area contributed by atoms with Gasteiger partial charge in [-0.05, 0) is 78.1 Å². The van der Waals surface area contributed by atoms with Gasteiger partial charge in [-0.15, -0.1) is 0 Å². The van der Waals surface area contributed by atoms with Crippen molar-refractivity contribution in [1.82, 2.24) is 15.0 Å². The molecule has 0 aliphatic heterocycles. The number of hydrogen-bond donors (Lipinski definition) is 2. The highest BCUT2D eigenvalue weighted by Crippen LogP contribution is 2.19. The van der Waals surface area contributed by atoms with E-state index in [4.69, 9.17) is 4.74 Å². The molecule has 228 valence electrons. The number of benzene rings is 4. The number of sulfonamides is 1. The Morgan fingerprint density at radius 1 is 0.795 bits per heavy atom. The Morgan fingerprint density at radius 2 is 1.41 bits per heavy atom. The number of halogens is 1. The minimum atomic E-state index is -3.94. The molecule has 0 atom stereocenters. The molecule has 0 aliphatic rings. The molecule has 0 unspecified atom stereocenters. The lowest BCUT2D eigenvalue weighted by atomic mass is 10.1. The van der Waals surface area contributed by atoms with Gasteiger partial charge in [0.2, 0.25) is 10.0 Å². The maximum atomic E-state index is 13.4. The van der Waals surface area contributed by atoms with Gasteiger partial charge in [0.1, 0.15) is 5.75 Å². The number of nitrogens with zero attached hydrogens (tertiary/aromatic N) is 2. The van der Waals surface area contributed by atoms with Crippen molar-refractivity contribution in [1.29, 1.82) is 0 Å². The quantitative estimate of drug-likeness (QED) is 0.141. The topological polar surface area (TPSA) is 117 Å². The Bertz CT molecular complexity index is 1630. The Morgan fingerprint density at radius 3 is 2.05 bits per heavy atom. The van der Waals surface area contributed by atoms with E-state index >= 15 is 0 Å². The lowest BCUT2D eigenvalue weighted by Crippen LogP contribution is -2.40. The van der Waals surface area contributed by atoms with Crippen molar-refractivity contribution in [2.24, 2.45) is 5.10 Å². The molecule has 0 heterocycles. The monoisotopic (exact) mass is 676 g/mol. The van der Waals surface area contributed by atoms with Crippen molar-refractivity contribution in [2.75, 3.05) is 26.2 Å². The molecule has 0 radical (unpaired) electrons. The van der Waals surface area contributed by atoms with Crippen LogP contribution in [0.25, 0.3) is 0 Å². The standard InChI is InChI=1S/C33H33BrN4O5S/c34-29-13-17-31(18-14-29)44(41,42)38(22-20-27-9-5-2-6-10-27)24-32(39)37-36-23-28-11-15-30(16-12-28)43-25-33(40)35-21-19-26-7-3-1-4-8-26/h1-18,23H,19-22,24-25H2,(H,35,40)(H,37,39)/b36-23+. The van der Waals surface area contributed by atoms with Gasteiger partial charge >= 0.3 is 0 Å². The van der Waals surface area contributed by atoms with Crippen LogP contribution in [0.15, 0.2) is 124 Å². The van der Waals surface area contributed by atoms with Gasteiger partial charge in [0.25, 0.3) is 11.8 Å². The molecule has 0 spiro atoms. The van der Waals surface area contributed by atoms with E-state index in [1.165, 1.54) is 18.3 Å². The fraction of sp³-hybridized carbons (Fsp3) is 0.182. The van der Waals surface area contributed by atoms with Crippen LogP contribution >= 0.6 is 15.9 Å². The minimum Gasteiger partial charge on any atom is -0.484 e. The number of amides is 2. The van der Waals surface area contributed by atoms with Crippen LogP contribution in [-0.2, 0) is 32.5 Å². The second kappa shape index (κ2) is 16.5. The zero-order chi connectivity index (χ0) is 31.2. The van der Waals surface area contributed by atoms with E-state index in [1.807, 2.05) is 60.7 Å². The summed E-state index contributed by atoms with van der Waals surface area (Å²) in [6.07, 6.45) is 2.62. The van der Waals surface area contributed by atoms with Crippen LogP contribution in [0.2, 0.25) is 0 Å². The van der Waals surface area contributed by atoms with E-state index in [1.54, 1.807) is 36.4 Å². The molecule has 44 heavy (non-hydrogen) atoms. The van der Waals surface area contributed by atoms with Crippen LogP contribution in [0.3, 0.4) is 0 Å². The number of hydrogen-bond acceptors (Lipinski definition) is 6. The number of ether oxygens (including phenoxy) is 1. The molecule has 4 aromatic carbocycles. The van der Waals surface area contributed by atoms with Crippen LogP contribution in [0.4, 0.5) is 0 Å². The van der Waals surface area contributed by atoms with Crippen LogP contribution in [-0.4, -0.2) is 57.0 Å². The van der Waals surface area contributed by atoms with E-state index < -0.39 is 22.5 Å². The molecule has 0 bridgehead atoms. The second-order valence-corrected chi connectivity index (χ2v) is 12.6. The van der Waals surface area contributed by atoms with Crippen molar-refractivity contribution in [3.05, 3.63) is 130 Å². The number of nitrogens with one attached hydrogen (secondary N) is 2. The fourth-order valence-corrected chi connectivity index (χ4v) is 5.81. The molecule has 0 saturated carbocycles. The number of rotatable bonds is 15. The van der Waals surface area contributed by atoms with Crippen LogP contribution in [0, 0.1) is 0 Å². The highest BCUT2D eigenvalue weighted by molar-refractivity contribution is 9.10. The Hall–Kier alpha value is -4.32. The molecule has 0 saturated heterocycles. The van der Waals surface area contributed by atoms with E-state index in [9.17, 15) is 18.0 Å². The van der Waals surface area contributed by atoms with Gasteiger partial charge in [-0.1, -0.05) is 76.6 Å². The maximum Gasteiger partial charge on any atom is 0.257 e. The summed E-state index contributed by atoms with van der Waals surface area (Å²) >= 11 is 3.32. The molecule has 0 fully saturated rings. The predicted octanol–water partition coefficient (Wildman–Crippen LogP) is 4.57. The first-order chi connectivity index (χ1) is 21.3. The van der Waals surface area contributed by atoms with Gasteiger partial charge in [-0.3, -0.25) is 9.59 Å². The van der Waals surface area contributed by atoms with Gasteiger partial charge < -0.3 is 10.1 Å². The van der Waals surface area contributed by atoms with Crippen molar-refractivity contribution >= 4 is 44.0 Å². The van der Waals surface area contributed by atoms with Crippen molar-refractivity contribution < 1.29 is 22.7 Å². The fourth-order valence-electron chi connectivity index (χ4n) is 4.15. The van der Waals surface area contributed by atoms with E-state index in [0.29, 0.717) is 24.3 Å². The first-order valence-corrected chi connectivity index (χ1v) is 16.2. The predicted molar refractivity (Wildman–Crippen MR) is 174 cm³/mol. The maximum absolute atomic E-state index is 13.4. The van der Waals surface area contributed by atoms with Crippen LogP contribution in [0.5, 0.6) is 5.75 Å². The molecule has 11 heteroatoms. The van der Waals surface area contributed by atoms with Crippen molar-refractivity contribution in [3.8, 4) is 5.75 Å². The summed E-state index contributed by atoms with van der Waals surface area (Å²) in [5, 5.41) is 6.82. The lowest BCUT2D eigenvalue weighted by Gasteiger charge is -2.21. The summed E-state index contributed by atoms with van der Waals surface area (Å²) in [5.74, 6) is -0.279. The summed E-state index contributed by atoms with van der Waals surface area (Å²) < 4.78 is 34.2. The summed E-state index contributed by atoms with van der Waals surface area (Å²) in [6, 6.07) is 32.5. The molecule has 4 rings (SSSR count). The van der Waals surface area contributed by atoms with E-state index in [0.717, 1.165) is 26.3 Å². The number of carbonyl (C=O) groups excluding carboxylic acids is 2. The minimum absolute atomic E-state index is 0.0945. The molecular weight excluding hydrogens is 644 g/mol. The molecule has 0 aliphatic carbocycles. The van der Waals surface area contributed by atoms with E-state index in [2.05, 4.69) is 31.8 Å². The molecular formula is C33H33BrN4O5S. The van der Waals surface area contributed by atoms with Gasteiger partial charge in [0.15, 0.2) is 6.61 Å². The smallest absolute Gasteiger partial charge is 0.257 e. The average Bonchev–Trinajstić information content (AvgIpc) is 3.04. The summed E-state index contributed by atoms with van der Waals surface area (Å²) in [4.78, 5) is 24.9. The summed E-state index contributed by atoms with van der Waals surface area (Å²) in [5.41, 5.74) is 5.19. The van der Waals surface area contributed by atoms with Gasteiger partial charge in [0.05, 0.1) is 17.7 Å². The molecule has 2 N–H and O–H groups in total. The number of carbonyl (C=O) groups is 2. The zero-order valence-electron chi connectivity index (χ0n) is 23.9. The van der Waals surface area contributed by atoms with E-state index in [-0.39, 0.29) is 24.0 Å². The summed E-state index contributed by atoms with van der Waals surface area (Å²) in [7, 11) is -3.94. The van der Waals surface area contributed by atoms with Gasteiger partial charge in [0, 0.05) is 17.6 Å². The molecule has 2 amide bonds. The third kappa shape index (κ3) is 10.4. The third-order valence-electron chi connectivity index (χ3n) is 6.50.